The minimum Gasteiger partial charge on any atom is -0.481 e. The van der Waals surface area contributed by atoms with Crippen LogP contribution in [-0.2, 0) is 0 Å². The van der Waals surface area contributed by atoms with Crippen molar-refractivity contribution in [3.63, 3.8) is 0 Å². The first kappa shape index (κ1) is 12.8. The second kappa shape index (κ2) is 5.35. The Morgan fingerprint density at radius 3 is 2.67 bits per heavy atom. The van der Waals surface area contributed by atoms with Gasteiger partial charge < -0.3 is 15.0 Å². The van der Waals surface area contributed by atoms with Crippen LogP contribution in [0.2, 0.25) is 0 Å². The van der Waals surface area contributed by atoms with Crippen molar-refractivity contribution >= 4 is 5.91 Å². The average molecular weight is 249 g/mol. The Morgan fingerprint density at radius 2 is 2.06 bits per heavy atom. The van der Waals surface area contributed by atoms with Crippen molar-refractivity contribution in [3.8, 4) is 5.88 Å². The molecule has 0 radical (unpaired) electrons. The first-order chi connectivity index (χ1) is 8.60. The van der Waals surface area contributed by atoms with Crippen LogP contribution in [0.3, 0.4) is 0 Å². The lowest BCUT2D eigenvalue weighted by Crippen LogP contribution is -2.55. The predicted molar refractivity (Wildman–Crippen MR) is 68.8 cm³/mol. The molecule has 1 saturated heterocycles. The van der Waals surface area contributed by atoms with E-state index in [0.29, 0.717) is 36.7 Å². The van der Waals surface area contributed by atoms with Gasteiger partial charge in [0.1, 0.15) is 5.69 Å². The zero-order valence-electron chi connectivity index (χ0n) is 11.0. The predicted octanol–water partition coefficient (Wildman–Crippen LogP) is 0.913. The molecule has 0 aromatic carbocycles. The van der Waals surface area contributed by atoms with Crippen LogP contribution in [0.4, 0.5) is 0 Å². The summed E-state index contributed by atoms with van der Waals surface area (Å²) in [5.74, 6) is 0.436. The fraction of sp³-hybridized carbons (Fsp3) is 0.538. The average Bonchev–Trinajstić information content (AvgIpc) is 2.37. The molecule has 0 spiro atoms. The van der Waals surface area contributed by atoms with E-state index in [0.717, 1.165) is 0 Å². The van der Waals surface area contributed by atoms with Crippen LogP contribution in [0.25, 0.3) is 0 Å². The monoisotopic (exact) mass is 249 g/mol. The summed E-state index contributed by atoms with van der Waals surface area (Å²) in [6.45, 7) is 5.58. The molecule has 5 nitrogen and oxygen atoms in total. The summed E-state index contributed by atoms with van der Waals surface area (Å²) < 4.78 is 5.04. The van der Waals surface area contributed by atoms with Crippen molar-refractivity contribution in [2.24, 2.45) is 0 Å². The molecule has 1 aromatic rings. The topological polar surface area (TPSA) is 54.5 Å². The Balaban J connectivity index is 2.14. The Kier molecular flexibility index (Phi) is 3.81. The highest BCUT2D eigenvalue weighted by atomic mass is 16.5. The molecule has 0 aliphatic carbocycles. The SMILES string of the molecule is COc1cccc(C(=O)N2CC(C)NC(C)C2)n1. The number of aromatic nitrogens is 1. The van der Waals surface area contributed by atoms with Crippen LogP contribution in [0, 0.1) is 0 Å². The molecule has 98 valence electrons. The van der Waals surface area contributed by atoms with Gasteiger partial charge in [-0.2, -0.15) is 0 Å². The number of amides is 1. The number of nitrogens with one attached hydrogen (secondary N) is 1. The molecule has 1 N–H and O–H groups in total. The molecule has 2 atom stereocenters. The minimum atomic E-state index is -0.0332. The van der Waals surface area contributed by atoms with Gasteiger partial charge in [-0.3, -0.25) is 4.79 Å². The highest BCUT2D eigenvalue weighted by Gasteiger charge is 2.26. The fourth-order valence-corrected chi connectivity index (χ4v) is 2.30. The third-order valence-electron chi connectivity index (χ3n) is 3.00. The first-order valence-electron chi connectivity index (χ1n) is 6.16. The number of hydrogen-bond acceptors (Lipinski definition) is 4. The standard InChI is InChI=1S/C13H19N3O2/c1-9-7-16(8-10(2)14-9)13(17)11-5-4-6-12(15-11)18-3/h4-6,9-10,14H,7-8H2,1-3H3. The zero-order valence-corrected chi connectivity index (χ0v) is 11.0. The molecular weight excluding hydrogens is 230 g/mol. The number of hydrogen-bond donors (Lipinski definition) is 1. The number of ether oxygens (including phenoxy) is 1. The third kappa shape index (κ3) is 2.79. The highest BCUT2D eigenvalue weighted by Crippen LogP contribution is 2.12. The lowest BCUT2D eigenvalue weighted by molar-refractivity contribution is 0.0667. The van der Waals surface area contributed by atoms with Gasteiger partial charge in [0.25, 0.3) is 5.91 Å². The van der Waals surface area contributed by atoms with Gasteiger partial charge in [0, 0.05) is 31.2 Å². The molecule has 1 fully saturated rings. The summed E-state index contributed by atoms with van der Waals surface area (Å²) in [4.78, 5) is 18.4. The molecular formula is C13H19N3O2. The van der Waals surface area contributed by atoms with Crippen molar-refractivity contribution in [1.82, 2.24) is 15.2 Å². The summed E-state index contributed by atoms with van der Waals surface area (Å²) >= 11 is 0. The lowest BCUT2D eigenvalue weighted by atomic mass is 10.1. The summed E-state index contributed by atoms with van der Waals surface area (Å²) in [7, 11) is 1.55. The van der Waals surface area contributed by atoms with E-state index in [9.17, 15) is 4.79 Å². The van der Waals surface area contributed by atoms with E-state index in [1.54, 1.807) is 25.3 Å². The minimum absolute atomic E-state index is 0.0332. The second-order valence-corrected chi connectivity index (χ2v) is 4.74. The Labute approximate surface area is 107 Å². The molecule has 1 amide bonds. The van der Waals surface area contributed by atoms with Gasteiger partial charge in [-0.05, 0) is 19.9 Å². The number of methoxy groups -OCH3 is 1. The van der Waals surface area contributed by atoms with Crippen LogP contribution in [-0.4, -0.2) is 48.1 Å². The van der Waals surface area contributed by atoms with Gasteiger partial charge in [0.15, 0.2) is 0 Å². The largest absolute Gasteiger partial charge is 0.481 e. The molecule has 0 bridgehead atoms. The molecule has 1 aromatic heterocycles. The van der Waals surface area contributed by atoms with Gasteiger partial charge >= 0.3 is 0 Å². The first-order valence-corrected chi connectivity index (χ1v) is 6.16. The van der Waals surface area contributed by atoms with Gasteiger partial charge in [-0.1, -0.05) is 6.07 Å². The molecule has 0 saturated carbocycles. The van der Waals surface area contributed by atoms with Crippen molar-refractivity contribution in [1.29, 1.82) is 0 Å². The fourth-order valence-electron chi connectivity index (χ4n) is 2.30. The molecule has 1 aliphatic heterocycles. The van der Waals surface area contributed by atoms with Crippen LogP contribution in [0.5, 0.6) is 5.88 Å². The lowest BCUT2D eigenvalue weighted by Gasteiger charge is -2.35. The molecule has 2 heterocycles. The number of carbonyl (C=O) groups is 1. The molecule has 2 rings (SSSR count). The molecule has 2 unspecified atom stereocenters. The van der Waals surface area contributed by atoms with Crippen molar-refractivity contribution < 1.29 is 9.53 Å². The van der Waals surface area contributed by atoms with Gasteiger partial charge in [0.2, 0.25) is 5.88 Å². The van der Waals surface area contributed by atoms with Crippen molar-refractivity contribution in [3.05, 3.63) is 23.9 Å². The van der Waals surface area contributed by atoms with E-state index in [1.165, 1.54) is 0 Å². The van der Waals surface area contributed by atoms with Crippen LogP contribution >= 0.6 is 0 Å². The number of rotatable bonds is 2. The third-order valence-corrected chi connectivity index (χ3v) is 3.00. The maximum atomic E-state index is 12.3. The van der Waals surface area contributed by atoms with Crippen molar-refractivity contribution in [2.45, 2.75) is 25.9 Å². The van der Waals surface area contributed by atoms with Gasteiger partial charge in [0.05, 0.1) is 7.11 Å². The van der Waals surface area contributed by atoms with E-state index in [-0.39, 0.29) is 5.91 Å². The van der Waals surface area contributed by atoms with Crippen LogP contribution in [0.1, 0.15) is 24.3 Å². The Bertz CT molecular complexity index is 426. The maximum Gasteiger partial charge on any atom is 0.272 e. The molecule has 18 heavy (non-hydrogen) atoms. The number of carbonyl (C=O) groups excluding carboxylic acids is 1. The zero-order chi connectivity index (χ0) is 13.1. The summed E-state index contributed by atoms with van der Waals surface area (Å²) in [5, 5.41) is 3.40. The number of nitrogens with zero attached hydrogens (tertiary/aromatic N) is 2. The number of pyridine rings is 1. The van der Waals surface area contributed by atoms with Crippen LogP contribution in [0.15, 0.2) is 18.2 Å². The maximum absolute atomic E-state index is 12.3. The highest BCUT2D eigenvalue weighted by molar-refractivity contribution is 5.92. The van der Waals surface area contributed by atoms with E-state index in [2.05, 4.69) is 24.1 Å². The van der Waals surface area contributed by atoms with E-state index >= 15 is 0 Å². The summed E-state index contributed by atoms with van der Waals surface area (Å²) in [6, 6.07) is 5.86. The summed E-state index contributed by atoms with van der Waals surface area (Å²) in [5.41, 5.74) is 0.440. The van der Waals surface area contributed by atoms with E-state index in [1.807, 2.05) is 4.90 Å². The number of piperazine rings is 1. The normalized spacial score (nSPS) is 23.8. The smallest absolute Gasteiger partial charge is 0.272 e. The Hall–Kier alpha value is -1.62. The molecule has 5 heteroatoms. The second-order valence-electron chi connectivity index (χ2n) is 4.74. The Morgan fingerprint density at radius 1 is 1.39 bits per heavy atom. The van der Waals surface area contributed by atoms with E-state index in [4.69, 9.17) is 4.74 Å². The summed E-state index contributed by atoms with van der Waals surface area (Å²) in [6.07, 6.45) is 0. The van der Waals surface area contributed by atoms with E-state index < -0.39 is 0 Å². The van der Waals surface area contributed by atoms with Gasteiger partial charge in [-0.15, -0.1) is 0 Å². The quantitative estimate of drug-likeness (QED) is 0.846. The van der Waals surface area contributed by atoms with Gasteiger partial charge in [-0.25, -0.2) is 4.98 Å². The molecule has 1 aliphatic rings. The van der Waals surface area contributed by atoms with Crippen molar-refractivity contribution in [2.75, 3.05) is 20.2 Å². The van der Waals surface area contributed by atoms with Crippen LogP contribution < -0.4 is 10.1 Å².